The van der Waals surface area contributed by atoms with E-state index in [2.05, 4.69) is 9.98 Å². The molecular weight excluding hydrogens is 421 g/mol. The molecule has 0 saturated carbocycles. The third kappa shape index (κ3) is 4.15. The molecule has 3 rings (SSSR count). The van der Waals surface area contributed by atoms with Crippen LogP contribution in [0.15, 0.2) is 27.8 Å². The van der Waals surface area contributed by atoms with Gasteiger partial charge in [0.15, 0.2) is 22.2 Å². The Morgan fingerprint density at radius 1 is 1.50 bits per heavy atom. The normalized spacial score (nSPS) is 20.5. The van der Waals surface area contributed by atoms with Crippen LogP contribution >= 0.6 is 11.3 Å². The van der Waals surface area contributed by atoms with Crippen LogP contribution in [0.1, 0.15) is 18.4 Å². The van der Waals surface area contributed by atoms with Gasteiger partial charge >= 0.3 is 11.5 Å². The lowest BCUT2D eigenvalue weighted by molar-refractivity contribution is -0.138. The van der Waals surface area contributed by atoms with Crippen LogP contribution in [0.5, 0.6) is 0 Å². The summed E-state index contributed by atoms with van der Waals surface area (Å²) in [5.41, 5.74) is -4.35. The van der Waals surface area contributed by atoms with Gasteiger partial charge in [-0.1, -0.05) is 0 Å². The largest absolute Gasteiger partial charge is 0.598 e. The number of aliphatic imine (C=N–C) groups is 1. The fraction of sp³-hybridized carbons (Fsp3) is 0.467. The number of halogens is 3. The predicted octanol–water partition coefficient (Wildman–Crippen LogP) is 1.34. The standard InChI is InChI=1S/C15H15F3N4O4S2/c1-2-26-14(24)9-6-20-11(13-19-3-4-27-13)22-7-8(5-10(9)22)12(23)21-28(25)15(16,17)18/h3-4,8H,2,5-7H2,1H3,(H,21,23). The van der Waals surface area contributed by atoms with Gasteiger partial charge in [0.1, 0.15) is 0 Å². The van der Waals surface area contributed by atoms with Gasteiger partial charge in [-0.2, -0.15) is 4.72 Å². The van der Waals surface area contributed by atoms with Crippen molar-refractivity contribution in [3.8, 4) is 0 Å². The van der Waals surface area contributed by atoms with Gasteiger partial charge in [0.2, 0.25) is 0 Å². The summed E-state index contributed by atoms with van der Waals surface area (Å²) in [5.74, 6) is -2.11. The number of allylic oxidation sites excluding steroid dienone is 1. The number of amidine groups is 1. The molecular formula is C15H15F3N4O4S2. The van der Waals surface area contributed by atoms with Crippen molar-refractivity contribution in [2.24, 2.45) is 10.9 Å². The lowest BCUT2D eigenvalue weighted by Gasteiger charge is -2.26. The summed E-state index contributed by atoms with van der Waals surface area (Å²) in [5, 5.41) is 2.29. The highest BCUT2D eigenvalue weighted by Crippen LogP contribution is 2.35. The molecule has 2 aliphatic heterocycles. The number of carbonyl (C=O) groups is 2. The highest BCUT2D eigenvalue weighted by atomic mass is 32.2. The average molecular weight is 436 g/mol. The summed E-state index contributed by atoms with van der Waals surface area (Å²) in [4.78, 5) is 34.6. The number of nitrogens with one attached hydrogen (secondary N) is 1. The number of esters is 1. The monoisotopic (exact) mass is 436 g/mol. The Balaban J connectivity index is 1.86. The molecule has 2 aliphatic rings. The second kappa shape index (κ2) is 8.09. The van der Waals surface area contributed by atoms with Crippen LogP contribution in [0.4, 0.5) is 13.2 Å². The van der Waals surface area contributed by atoms with E-state index in [9.17, 15) is 27.3 Å². The van der Waals surface area contributed by atoms with Gasteiger partial charge in [-0.3, -0.25) is 9.79 Å². The highest BCUT2D eigenvalue weighted by Gasteiger charge is 2.49. The Hall–Kier alpha value is -2.12. The summed E-state index contributed by atoms with van der Waals surface area (Å²) >= 11 is -2.20. The second-order valence-corrected chi connectivity index (χ2v) is 7.91. The van der Waals surface area contributed by atoms with E-state index in [4.69, 9.17) is 4.74 Å². The number of thiazole rings is 1. The van der Waals surface area contributed by atoms with E-state index >= 15 is 0 Å². The van der Waals surface area contributed by atoms with E-state index in [-0.39, 0.29) is 31.7 Å². The van der Waals surface area contributed by atoms with E-state index in [0.29, 0.717) is 16.5 Å². The van der Waals surface area contributed by atoms with Crippen molar-refractivity contribution in [1.82, 2.24) is 14.6 Å². The summed E-state index contributed by atoms with van der Waals surface area (Å²) in [6.45, 7) is 1.79. The Labute approximate surface area is 164 Å². The summed E-state index contributed by atoms with van der Waals surface area (Å²) in [7, 11) is 0. The highest BCUT2D eigenvalue weighted by molar-refractivity contribution is 7.90. The third-order valence-corrected chi connectivity index (χ3v) is 5.66. The minimum atomic E-state index is -5.05. The number of rotatable bonds is 5. The van der Waals surface area contributed by atoms with Gasteiger partial charge < -0.3 is 14.2 Å². The first-order valence-corrected chi connectivity index (χ1v) is 10.2. The topological polar surface area (TPSA) is 107 Å². The Bertz CT molecular complexity index is 826. The number of nitrogens with zero attached hydrogens (tertiary/aromatic N) is 3. The lowest BCUT2D eigenvalue weighted by Crippen LogP contribution is -2.43. The SMILES string of the molecule is CCOC(=O)C1=C2CC(C(=O)N[S+]([O-])C(F)(F)F)CN2C(c2nccs2)=NC1. The summed E-state index contributed by atoms with van der Waals surface area (Å²) < 4.78 is 55.1. The molecule has 1 N–H and O–H groups in total. The smallest absolute Gasteiger partial charge is 0.586 e. The van der Waals surface area contributed by atoms with Crippen molar-refractivity contribution in [2.45, 2.75) is 18.9 Å². The number of alkyl halides is 3. The Kier molecular flexibility index (Phi) is 5.95. The fourth-order valence-electron chi connectivity index (χ4n) is 2.90. The molecule has 0 aliphatic carbocycles. The molecule has 8 nitrogen and oxygen atoms in total. The number of fused-ring (bicyclic) bond motifs is 1. The maximum absolute atomic E-state index is 12.5. The van der Waals surface area contributed by atoms with Crippen molar-refractivity contribution in [1.29, 1.82) is 0 Å². The first-order valence-electron chi connectivity index (χ1n) is 8.12. The molecule has 1 saturated heterocycles. The number of ether oxygens (including phenoxy) is 1. The number of amides is 1. The van der Waals surface area contributed by atoms with E-state index < -0.39 is 34.7 Å². The van der Waals surface area contributed by atoms with Crippen LogP contribution in [0.25, 0.3) is 0 Å². The minimum Gasteiger partial charge on any atom is -0.586 e. The molecule has 3 heterocycles. The fourth-order valence-corrected chi connectivity index (χ4v) is 4.01. The van der Waals surface area contributed by atoms with Gasteiger partial charge in [-0.15, -0.1) is 24.5 Å². The number of aromatic nitrogens is 1. The average Bonchev–Trinajstić information content (AvgIpc) is 3.30. The van der Waals surface area contributed by atoms with Crippen LogP contribution in [0.2, 0.25) is 0 Å². The van der Waals surface area contributed by atoms with Crippen molar-refractivity contribution >= 4 is 40.4 Å². The zero-order chi connectivity index (χ0) is 20.5. The van der Waals surface area contributed by atoms with Gasteiger partial charge in [-0.25, -0.2) is 9.78 Å². The van der Waals surface area contributed by atoms with Gasteiger partial charge in [0.05, 0.1) is 24.6 Å². The zero-order valence-corrected chi connectivity index (χ0v) is 16.1. The summed E-state index contributed by atoms with van der Waals surface area (Å²) in [6.07, 6.45) is 1.57. The lowest BCUT2D eigenvalue weighted by atomic mass is 10.0. The molecule has 28 heavy (non-hydrogen) atoms. The van der Waals surface area contributed by atoms with E-state index in [0.717, 1.165) is 0 Å². The molecule has 1 fully saturated rings. The molecule has 152 valence electrons. The second-order valence-electron chi connectivity index (χ2n) is 5.82. The van der Waals surface area contributed by atoms with Crippen LogP contribution < -0.4 is 4.72 Å². The molecule has 2 unspecified atom stereocenters. The first kappa shape index (κ1) is 20.6. The number of hydrogen-bond acceptors (Lipinski definition) is 8. The Morgan fingerprint density at radius 2 is 2.25 bits per heavy atom. The molecule has 0 radical (unpaired) electrons. The quantitative estimate of drug-likeness (QED) is 0.552. The maximum atomic E-state index is 12.5. The molecule has 2 atom stereocenters. The van der Waals surface area contributed by atoms with Crippen molar-refractivity contribution in [2.75, 3.05) is 19.7 Å². The summed E-state index contributed by atoms with van der Waals surface area (Å²) in [6, 6.07) is 0. The van der Waals surface area contributed by atoms with E-state index in [1.54, 1.807) is 23.4 Å². The molecule has 1 aromatic heterocycles. The predicted molar refractivity (Wildman–Crippen MR) is 94.3 cm³/mol. The Morgan fingerprint density at radius 3 is 2.86 bits per heavy atom. The first-order chi connectivity index (χ1) is 13.2. The van der Waals surface area contributed by atoms with Crippen molar-refractivity contribution in [3.05, 3.63) is 27.9 Å². The van der Waals surface area contributed by atoms with E-state index in [1.807, 2.05) is 0 Å². The molecule has 1 aromatic rings. The molecule has 13 heteroatoms. The zero-order valence-electron chi connectivity index (χ0n) is 14.5. The third-order valence-electron chi connectivity index (χ3n) is 4.08. The van der Waals surface area contributed by atoms with Crippen LogP contribution in [0, 0.1) is 5.92 Å². The van der Waals surface area contributed by atoms with Gasteiger partial charge in [0.25, 0.3) is 5.91 Å². The van der Waals surface area contributed by atoms with Crippen molar-refractivity contribution in [3.63, 3.8) is 0 Å². The van der Waals surface area contributed by atoms with E-state index in [1.165, 1.54) is 16.1 Å². The van der Waals surface area contributed by atoms with Gasteiger partial charge in [-0.05, 0) is 6.92 Å². The molecule has 0 spiro atoms. The van der Waals surface area contributed by atoms with Crippen LogP contribution in [-0.4, -0.2) is 57.4 Å². The molecule has 0 aromatic carbocycles. The molecule has 0 bridgehead atoms. The number of carbonyl (C=O) groups excluding carboxylic acids is 2. The van der Waals surface area contributed by atoms with Gasteiger partial charge in [0, 0.05) is 30.2 Å². The maximum Gasteiger partial charge on any atom is 0.598 e. The number of hydrogen-bond donors (Lipinski definition) is 1. The van der Waals surface area contributed by atoms with Crippen LogP contribution in [0.3, 0.4) is 0 Å². The van der Waals surface area contributed by atoms with Crippen LogP contribution in [-0.2, 0) is 25.7 Å². The minimum absolute atomic E-state index is 0.000562. The van der Waals surface area contributed by atoms with Crippen molar-refractivity contribution < 1.29 is 32.0 Å². The molecule has 1 amide bonds.